The topological polar surface area (TPSA) is 64.1 Å². The first-order valence-electron chi connectivity index (χ1n) is 7.04. The van der Waals surface area contributed by atoms with Crippen molar-refractivity contribution in [2.45, 2.75) is 25.4 Å². The monoisotopic (exact) mass is 303 g/mol. The van der Waals surface area contributed by atoms with Crippen LogP contribution in [0.5, 0.6) is 0 Å². The van der Waals surface area contributed by atoms with Gasteiger partial charge in [-0.15, -0.1) is 11.3 Å². The molecule has 1 amide bonds. The van der Waals surface area contributed by atoms with Crippen LogP contribution in [0.1, 0.15) is 18.5 Å². The van der Waals surface area contributed by atoms with Crippen LogP contribution in [-0.4, -0.2) is 35.1 Å². The summed E-state index contributed by atoms with van der Waals surface area (Å²) in [5.74, 6) is -0.00271. The van der Waals surface area contributed by atoms with Crippen LogP contribution >= 0.6 is 11.3 Å². The second kappa shape index (κ2) is 6.78. The molecule has 1 fully saturated rings. The highest BCUT2D eigenvalue weighted by molar-refractivity contribution is 7.13. The van der Waals surface area contributed by atoms with Crippen LogP contribution in [-0.2, 0) is 16.0 Å². The number of amides is 1. The van der Waals surface area contributed by atoms with E-state index in [0.29, 0.717) is 13.0 Å². The minimum Gasteiger partial charge on any atom is -0.376 e. The van der Waals surface area contributed by atoms with Gasteiger partial charge in [0.25, 0.3) is 0 Å². The van der Waals surface area contributed by atoms with Gasteiger partial charge in [-0.1, -0.05) is 0 Å². The molecule has 6 heteroatoms. The summed E-state index contributed by atoms with van der Waals surface area (Å²) in [5, 5.41) is 5.76. The summed E-state index contributed by atoms with van der Waals surface area (Å²) in [6, 6.07) is 3.83. The number of thiazole rings is 1. The van der Waals surface area contributed by atoms with Crippen LogP contribution in [0.3, 0.4) is 0 Å². The number of hydrogen-bond acceptors (Lipinski definition) is 5. The van der Waals surface area contributed by atoms with E-state index in [1.54, 1.807) is 23.7 Å². The molecular formula is C15H17N3O2S. The highest BCUT2D eigenvalue weighted by atomic mass is 32.1. The molecule has 1 aliphatic rings. The number of carbonyl (C=O) groups is 1. The summed E-state index contributed by atoms with van der Waals surface area (Å²) < 4.78 is 5.48. The number of pyridine rings is 1. The van der Waals surface area contributed by atoms with E-state index in [2.05, 4.69) is 15.3 Å². The molecule has 3 rings (SSSR count). The molecule has 1 unspecified atom stereocenters. The Labute approximate surface area is 127 Å². The Balaban J connectivity index is 1.53. The summed E-state index contributed by atoms with van der Waals surface area (Å²) in [7, 11) is 0. The maximum Gasteiger partial charge on any atom is 0.226 e. The van der Waals surface area contributed by atoms with E-state index in [-0.39, 0.29) is 12.0 Å². The minimum atomic E-state index is -0.00271. The SMILES string of the molecule is O=C(Cc1csc(-c2ccncc2)n1)NCC1CCCO1. The molecule has 0 spiro atoms. The van der Waals surface area contributed by atoms with Gasteiger partial charge in [-0.25, -0.2) is 4.98 Å². The Hall–Kier alpha value is -1.79. The van der Waals surface area contributed by atoms with Crippen molar-refractivity contribution in [2.75, 3.05) is 13.2 Å². The number of rotatable bonds is 5. The smallest absolute Gasteiger partial charge is 0.226 e. The zero-order valence-electron chi connectivity index (χ0n) is 11.6. The van der Waals surface area contributed by atoms with Gasteiger partial charge in [-0.3, -0.25) is 9.78 Å². The van der Waals surface area contributed by atoms with Crippen molar-refractivity contribution in [2.24, 2.45) is 0 Å². The predicted molar refractivity (Wildman–Crippen MR) is 81.0 cm³/mol. The molecule has 0 bridgehead atoms. The van der Waals surface area contributed by atoms with Crippen LogP contribution < -0.4 is 5.32 Å². The molecule has 1 saturated heterocycles. The average Bonchev–Trinajstić information content (AvgIpc) is 3.17. The molecule has 2 aromatic rings. The molecule has 3 heterocycles. The van der Waals surface area contributed by atoms with E-state index < -0.39 is 0 Å². The van der Waals surface area contributed by atoms with Crippen LogP contribution in [0.4, 0.5) is 0 Å². The molecular weight excluding hydrogens is 286 g/mol. The fourth-order valence-electron chi connectivity index (χ4n) is 2.28. The van der Waals surface area contributed by atoms with Crippen molar-refractivity contribution < 1.29 is 9.53 Å². The molecule has 0 aliphatic carbocycles. The molecule has 0 saturated carbocycles. The zero-order valence-corrected chi connectivity index (χ0v) is 12.4. The lowest BCUT2D eigenvalue weighted by molar-refractivity contribution is -0.121. The number of carbonyl (C=O) groups excluding carboxylic acids is 1. The summed E-state index contributed by atoms with van der Waals surface area (Å²) in [6.45, 7) is 1.40. The third-order valence-electron chi connectivity index (χ3n) is 3.37. The predicted octanol–water partition coefficient (Wildman–Crippen LogP) is 2.04. The summed E-state index contributed by atoms with van der Waals surface area (Å²) in [6.07, 6.45) is 6.09. The van der Waals surface area contributed by atoms with Crippen molar-refractivity contribution in [1.82, 2.24) is 15.3 Å². The van der Waals surface area contributed by atoms with E-state index in [0.717, 1.165) is 35.7 Å². The fraction of sp³-hybridized carbons (Fsp3) is 0.400. The number of hydrogen-bond donors (Lipinski definition) is 1. The van der Waals surface area contributed by atoms with Gasteiger partial charge in [-0.05, 0) is 25.0 Å². The highest BCUT2D eigenvalue weighted by Gasteiger charge is 2.16. The van der Waals surface area contributed by atoms with Gasteiger partial charge in [0.15, 0.2) is 0 Å². The third kappa shape index (κ3) is 3.86. The molecule has 1 atom stereocenters. The fourth-order valence-corrected chi connectivity index (χ4v) is 3.10. The summed E-state index contributed by atoms with van der Waals surface area (Å²) in [4.78, 5) is 20.4. The Morgan fingerprint density at radius 1 is 1.43 bits per heavy atom. The summed E-state index contributed by atoms with van der Waals surface area (Å²) in [5.41, 5.74) is 1.83. The molecule has 110 valence electrons. The van der Waals surface area contributed by atoms with Crippen molar-refractivity contribution in [3.63, 3.8) is 0 Å². The molecule has 5 nitrogen and oxygen atoms in total. The molecule has 0 aromatic carbocycles. The zero-order chi connectivity index (χ0) is 14.5. The standard InChI is InChI=1S/C15H17N3O2S/c19-14(17-9-13-2-1-7-20-13)8-12-10-21-15(18-12)11-3-5-16-6-4-11/h3-6,10,13H,1-2,7-9H2,(H,17,19). The third-order valence-corrected chi connectivity index (χ3v) is 4.31. The van der Waals surface area contributed by atoms with Crippen LogP contribution in [0.15, 0.2) is 29.9 Å². The Bertz CT molecular complexity index is 594. The molecule has 1 aliphatic heterocycles. The van der Waals surface area contributed by atoms with E-state index in [1.165, 1.54) is 0 Å². The Morgan fingerprint density at radius 3 is 3.05 bits per heavy atom. The minimum absolute atomic E-state index is 0.00271. The quantitative estimate of drug-likeness (QED) is 0.918. The lowest BCUT2D eigenvalue weighted by atomic mass is 10.2. The Morgan fingerprint density at radius 2 is 2.29 bits per heavy atom. The molecule has 2 aromatic heterocycles. The van der Waals surface area contributed by atoms with Crippen molar-refractivity contribution in [3.05, 3.63) is 35.6 Å². The largest absolute Gasteiger partial charge is 0.376 e. The van der Waals surface area contributed by atoms with E-state index in [9.17, 15) is 4.79 Å². The van der Waals surface area contributed by atoms with Crippen molar-refractivity contribution >= 4 is 17.2 Å². The molecule has 0 radical (unpaired) electrons. The first kappa shape index (κ1) is 14.2. The normalized spacial score (nSPS) is 17.8. The molecule has 21 heavy (non-hydrogen) atoms. The summed E-state index contributed by atoms with van der Waals surface area (Å²) >= 11 is 1.54. The maximum atomic E-state index is 11.9. The highest BCUT2D eigenvalue weighted by Crippen LogP contribution is 2.23. The van der Waals surface area contributed by atoms with Gasteiger partial charge in [0.1, 0.15) is 5.01 Å². The van der Waals surface area contributed by atoms with Crippen molar-refractivity contribution in [1.29, 1.82) is 0 Å². The average molecular weight is 303 g/mol. The van der Waals surface area contributed by atoms with E-state index in [1.807, 2.05) is 17.5 Å². The second-order valence-electron chi connectivity index (χ2n) is 5.00. The van der Waals surface area contributed by atoms with Crippen LogP contribution in [0.2, 0.25) is 0 Å². The number of nitrogens with zero attached hydrogens (tertiary/aromatic N) is 2. The number of nitrogens with one attached hydrogen (secondary N) is 1. The first-order valence-corrected chi connectivity index (χ1v) is 7.92. The van der Waals surface area contributed by atoms with Gasteiger partial charge in [-0.2, -0.15) is 0 Å². The lowest BCUT2D eigenvalue weighted by Gasteiger charge is -2.09. The van der Waals surface area contributed by atoms with Crippen LogP contribution in [0, 0.1) is 0 Å². The van der Waals surface area contributed by atoms with E-state index >= 15 is 0 Å². The van der Waals surface area contributed by atoms with Gasteiger partial charge >= 0.3 is 0 Å². The van der Waals surface area contributed by atoms with E-state index in [4.69, 9.17) is 4.74 Å². The maximum absolute atomic E-state index is 11.9. The van der Waals surface area contributed by atoms with Crippen LogP contribution in [0.25, 0.3) is 10.6 Å². The van der Waals surface area contributed by atoms with Gasteiger partial charge in [0.2, 0.25) is 5.91 Å². The van der Waals surface area contributed by atoms with Gasteiger partial charge < -0.3 is 10.1 Å². The van der Waals surface area contributed by atoms with Crippen molar-refractivity contribution in [3.8, 4) is 10.6 Å². The van der Waals surface area contributed by atoms with Gasteiger partial charge in [0.05, 0.1) is 18.2 Å². The van der Waals surface area contributed by atoms with Gasteiger partial charge in [0, 0.05) is 36.5 Å². The second-order valence-corrected chi connectivity index (χ2v) is 5.85. The first-order chi connectivity index (χ1) is 10.3. The number of aromatic nitrogens is 2. The Kier molecular flexibility index (Phi) is 4.57. The lowest BCUT2D eigenvalue weighted by Crippen LogP contribution is -2.32. The number of ether oxygens (including phenoxy) is 1. The molecule has 1 N–H and O–H groups in total.